The molecule has 1 N–H and O–H groups in total. The van der Waals surface area contributed by atoms with Crippen LogP contribution in [-0.4, -0.2) is 31.6 Å². The molecule has 2 amide bonds. The molecule has 0 bridgehead atoms. The molecule has 0 saturated carbocycles. The molecule has 6 heteroatoms. The van der Waals surface area contributed by atoms with Gasteiger partial charge in [0.25, 0.3) is 0 Å². The highest BCUT2D eigenvalue weighted by Crippen LogP contribution is 2.33. The lowest BCUT2D eigenvalue weighted by Crippen LogP contribution is -2.28. The van der Waals surface area contributed by atoms with E-state index in [0.717, 1.165) is 5.75 Å². The Morgan fingerprint density at radius 2 is 1.78 bits per heavy atom. The Bertz CT molecular complexity index is 804. The molecule has 1 aliphatic heterocycles. The van der Waals surface area contributed by atoms with Gasteiger partial charge in [-0.3, -0.25) is 9.59 Å². The first-order chi connectivity index (χ1) is 13.1. The summed E-state index contributed by atoms with van der Waals surface area (Å²) in [5, 5.41) is 2.88. The third-order valence-electron chi connectivity index (χ3n) is 4.38. The average Bonchev–Trinajstić information content (AvgIpc) is 3.06. The second-order valence-electron chi connectivity index (χ2n) is 6.25. The molecule has 0 aliphatic carbocycles. The maximum atomic E-state index is 12.6. The van der Waals surface area contributed by atoms with Gasteiger partial charge in [-0.25, -0.2) is 0 Å². The third kappa shape index (κ3) is 4.39. The van der Waals surface area contributed by atoms with Crippen LogP contribution < -0.4 is 19.7 Å². The van der Waals surface area contributed by atoms with Gasteiger partial charge in [-0.2, -0.15) is 0 Å². The summed E-state index contributed by atoms with van der Waals surface area (Å²) in [6, 6.07) is 14.6. The van der Waals surface area contributed by atoms with Crippen molar-refractivity contribution >= 4 is 23.2 Å². The van der Waals surface area contributed by atoms with Gasteiger partial charge in [0.1, 0.15) is 11.5 Å². The standard InChI is InChI=1S/C21H24N2O4/c1-3-26-17-11-9-16(10-12-17)22-21(25)15-13-20(24)23(14-15)18-7-5-6-8-19(18)27-4-2/h5-12,15H,3-4,13-14H2,1-2H3,(H,22,25)/t15-/m0/s1. The molecule has 0 spiro atoms. The van der Waals surface area contributed by atoms with Crippen molar-refractivity contribution < 1.29 is 19.1 Å². The number of hydrogen-bond acceptors (Lipinski definition) is 4. The Labute approximate surface area is 159 Å². The molecule has 2 aromatic carbocycles. The van der Waals surface area contributed by atoms with Crippen molar-refractivity contribution in [2.24, 2.45) is 5.92 Å². The van der Waals surface area contributed by atoms with Crippen molar-refractivity contribution in [1.82, 2.24) is 0 Å². The van der Waals surface area contributed by atoms with Crippen molar-refractivity contribution in [3.8, 4) is 11.5 Å². The zero-order valence-corrected chi connectivity index (χ0v) is 15.6. The molecule has 142 valence electrons. The maximum Gasteiger partial charge on any atom is 0.229 e. The fourth-order valence-electron chi connectivity index (χ4n) is 3.12. The van der Waals surface area contributed by atoms with Crippen LogP contribution in [0.3, 0.4) is 0 Å². The summed E-state index contributed by atoms with van der Waals surface area (Å²) >= 11 is 0. The molecule has 1 heterocycles. The first-order valence-corrected chi connectivity index (χ1v) is 9.18. The summed E-state index contributed by atoms with van der Waals surface area (Å²) in [6.07, 6.45) is 0.184. The molecule has 1 atom stereocenters. The number of benzene rings is 2. The van der Waals surface area contributed by atoms with Gasteiger partial charge in [-0.05, 0) is 50.2 Å². The van der Waals surface area contributed by atoms with E-state index in [4.69, 9.17) is 9.47 Å². The largest absolute Gasteiger partial charge is 0.494 e. The van der Waals surface area contributed by atoms with Crippen molar-refractivity contribution in [3.63, 3.8) is 0 Å². The highest BCUT2D eigenvalue weighted by atomic mass is 16.5. The van der Waals surface area contributed by atoms with Crippen molar-refractivity contribution in [3.05, 3.63) is 48.5 Å². The van der Waals surface area contributed by atoms with Crippen molar-refractivity contribution in [1.29, 1.82) is 0 Å². The number of para-hydroxylation sites is 2. The maximum absolute atomic E-state index is 12.6. The molecule has 0 radical (unpaired) electrons. The smallest absolute Gasteiger partial charge is 0.229 e. The quantitative estimate of drug-likeness (QED) is 0.812. The van der Waals surface area contributed by atoms with E-state index in [1.165, 1.54) is 0 Å². The second kappa shape index (κ2) is 8.58. The van der Waals surface area contributed by atoms with Crippen LogP contribution in [0.25, 0.3) is 0 Å². The van der Waals surface area contributed by atoms with Crippen molar-refractivity contribution in [2.75, 3.05) is 30.0 Å². The van der Waals surface area contributed by atoms with Gasteiger partial charge < -0.3 is 19.7 Å². The lowest BCUT2D eigenvalue weighted by Gasteiger charge is -2.20. The Hall–Kier alpha value is -3.02. The molecular formula is C21H24N2O4. The molecule has 6 nitrogen and oxygen atoms in total. The molecule has 3 rings (SSSR count). The number of nitrogens with one attached hydrogen (secondary N) is 1. The number of carbonyl (C=O) groups is 2. The summed E-state index contributed by atoms with van der Waals surface area (Å²) < 4.78 is 11.0. The second-order valence-corrected chi connectivity index (χ2v) is 6.25. The summed E-state index contributed by atoms with van der Waals surface area (Å²) in [7, 11) is 0. The number of hydrogen-bond donors (Lipinski definition) is 1. The predicted molar refractivity (Wildman–Crippen MR) is 104 cm³/mol. The van der Waals surface area contributed by atoms with Gasteiger partial charge >= 0.3 is 0 Å². The fraction of sp³-hybridized carbons (Fsp3) is 0.333. The molecule has 0 unspecified atom stereocenters. The number of nitrogens with zero attached hydrogens (tertiary/aromatic N) is 1. The SMILES string of the molecule is CCOc1ccc(NC(=O)[C@H]2CC(=O)N(c3ccccc3OCC)C2)cc1. The minimum absolute atomic E-state index is 0.0750. The van der Waals surface area contributed by atoms with Crippen LogP contribution in [0.4, 0.5) is 11.4 Å². The van der Waals surface area contributed by atoms with E-state index in [9.17, 15) is 9.59 Å². The monoisotopic (exact) mass is 368 g/mol. The Kier molecular flexibility index (Phi) is 5.96. The average molecular weight is 368 g/mol. The zero-order chi connectivity index (χ0) is 19.2. The van der Waals surface area contributed by atoms with E-state index < -0.39 is 5.92 Å². The lowest BCUT2D eigenvalue weighted by atomic mass is 10.1. The normalized spacial score (nSPS) is 16.3. The van der Waals surface area contributed by atoms with Crippen LogP contribution in [0.5, 0.6) is 11.5 Å². The zero-order valence-electron chi connectivity index (χ0n) is 15.6. The third-order valence-corrected chi connectivity index (χ3v) is 4.38. The van der Waals surface area contributed by atoms with Crippen LogP contribution in [0.2, 0.25) is 0 Å². The molecule has 2 aromatic rings. The molecule has 1 fully saturated rings. The van der Waals surface area contributed by atoms with E-state index in [-0.39, 0.29) is 18.2 Å². The van der Waals surface area contributed by atoms with Crippen LogP contribution in [0.1, 0.15) is 20.3 Å². The number of ether oxygens (including phenoxy) is 2. The summed E-state index contributed by atoms with van der Waals surface area (Å²) in [4.78, 5) is 26.7. The summed E-state index contributed by atoms with van der Waals surface area (Å²) in [5.74, 6) is 0.766. The van der Waals surface area contributed by atoms with Gasteiger partial charge in [0, 0.05) is 18.7 Å². The topological polar surface area (TPSA) is 67.9 Å². The highest BCUT2D eigenvalue weighted by molar-refractivity contribution is 6.04. The molecule has 27 heavy (non-hydrogen) atoms. The van der Waals surface area contributed by atoms with Gasteiger partial charge in [0.05, 0.1) is 24.8 Å². The molecular weight excluding hydrogens is 344 g/mol. The summed E-state index contributed by atoms with van der Waals surface area (Å²) in [6.45, 7) is 5.26. The number of amides is 2. The number of anilines is 2. The highest BCUT2D eigenvalue weighted by Gasteiger charge is 2.36. The van der Waals surface area contributed by atoms with Gasteiger partial charge in [0.2, 0.25) is 11.8 Å². The molecule has 1 aliphatic rings. The Balaban J connectivity index is 1.67. The van der Waals surface area contributed by atoms with E-state index in [1.54, 1.807) is 17.0 Å². The van der Waals surface area contributed by atoms with Crippen LogP contribution in [0.15, 0.2) is 48.5 Å². The Morgan fingerprint density at radius 1 is 1.07 bits per heavy atom. The Morgan fingerprint density at radius 3 is 2.48 bits per heavy atom. The van der Waals surface area contributed by atoms with Crippen LogP contribution >= 0.6 is 0 Å². The van der Waals surface area contributed by atoms with Gasteiger partial charge in [0.15, 0.2) is 0 Å². The molecule has 1 saturated heterocycles. The fourth-order valence-corrected chi connectivity index (χ4v) is 3.12. The number of rotatable bonds is 7. The molecule has 0 aromatic heterocycles. The lowest BCUT2D eigenvalue weighted by molar-refractivity contribution is -0.122. The van der Waals surface area contributed by atoms with Gasteiger partial charge in [-0.15, -0.1) is 0 Å². The van der Waals surface area contributed by atoms with E-state index in [0.29, 0.717) is 36.9 Å². The minimum Gasteiger partial charge on any atom is -0.494 e. The van der Waals surface area contributed by atoms with Crippen LogP contribution in [0, 0.1) is 5.92 Å². The minimum atomic E-state index is -0.404. The van der Waals surface area contributed by atoms with E-state index in [1.807, 2.05) is 50.2 Å². The summed E-state index contributed by atoms with van der Waals surface area (Å²) in [5.41, 5.74) is 1.39. The van der Waals surface area contributed by atoms with Crippen molar-refractivity contribution in [2.45, 2.75) is 20.3 Å². The first kappa shape index (κ1) is 18.8. The predicted octanol–water partition coefficient (Wildman–Crippen LogP) is 3.48. The van der Waals surface area contributed by atoms with Gasteiger partial charge in [-0.1, -0.05) is 12.1 Å². The van der Waals surface area contributed by atoms with E-state index >= 15 is 0 Å². The van der Waals surface area contributed by atoms with Crippen LogP contribution in [-0.2, 0) is 9.59 Å². The van der Waals surface area contributed by atoms with E-state index in [2.05, 4.69) is 5.32 Å². The first-order valence-electron chi connectivity index (χ1n) is 9.18. The number of carbonyl (C=O) groups excluding carboxylic acids is 2.